The maximum Gasteiger partial charge on any atom is 0.252 e. The van der Waals surface area contributed by atoms with Crippen molar-refractivity contribution >= 4 is 14.2 Å². The first-order chi connectivity index (χ1) is 11.9. The molecule has 0 bridgehead atoms. The molecule has 1 spiro atoms. The highest BCUT2D eigenvalue weighted by Crippen LogP contribution is 2.60. The molecule has 5 atom stereocenters. The summed E-state index contributed by atoms with van der Waals surface area (Å²) in [5.41, 5.74) is -1.74. The third-order valence-corrected chi connectivity index (χ3v) is 11.8. The summed E-state index contributed by atoms with van der Waals surface area (Å²) < 4.78 is 12.2. The van der Waals surface area contributed by atoms with Gasteiger partial charge in [-0.3, -0.25) is 4.79 Å². The first-order valence-electron chi connectivity index (χ1n) is 9.44. The minimum atomic E-state index is -1.80. The number of nitrogens with zero attached hydrogens (tertiary/aromatic N) is 1. The Morgan fingerprint density at radius 1 is 1.36 bits per heavy atom. The Labute approximate surface area is 150 Å². The van der Waals surface area contributed by atoms with E-state index in [1.54, 1.807) is 11.0 Å². The van der Waals surface area contributed by atoms with Crippen LogP contribution in [0.4, 0.5) is 0 Å². The van der Waals surface area contributed by atoms with E-state index in [-0.39, 0.29) is 18.6 Å². The number of amides is 1. The second-order valence-electron chi connectivity index (χ2n) is 7.77. The summed E-state index contributed by atoms with van der Waals surface area (Å²) in [6.45, 7) is 11.0. The number of carbonyl (C=O) groups is 1. The van der Waals surface area contributed by atoms with Gasteiger partial charge in [0.05, 0.1) is 23.7 Å². The zero-order valence-corrected chi connectivity index (χ0v) is 16.5. The summed E-state index contributed by atoms with van der Waals surface area (Å²) in [5, 5.41) is 21.2. The quantitative estimate of drug-likeness (QED) is 0.527. The maximum atomic E-state index is 12.8. The normalized spacial score (nSPS) is 40.4. The predicted molar refractivity (Wildman–Crippen MR) is 96.3 cm³/mol. The van der Waals surface area contributed by atoms with Gasteiger partial charge in [-0.25, -0.2) is 0 Å². The van der Waals surface area contributed by atoms with Crippen LogP contribution in [0.1, 0.15) is 33.6 Å². The number of ether oxygens (including phenoxy) is 1. The van der Waals surface area contributed by atoms with E-state index in [4.69, 9.17) is 9.16 Å². The minimum absolute atomic E-state index is 0.0546. The molecule has 3 aliphatic rings. The van der Waals surface area contributed by atoms with Crippen LogP contribution in [-0.4, -0.2) is 66.5 Å². The second kappa shape index (κ2) is 6.46. The van der Waals surface area contributed by atoms with Gasteiger partial charge in [-0.1, -0.05) is 26.8 Å². The molecule has 3 saturated heterocycles. The van der Waals surface area contributed by atoms with Crippen molar-refractivity contribution < 1.29 is 24.2 Å². The van der Waals surface area contributed by atoms with Crippen LogP contribution in [0.15, 0.2) is 12.7 Å². The smallest absolute Gasteiger partial charge is 0.252 e. The Kier molecular flexibility index (Phi) is 4.92. The van der Waals surface area contributed by atoms with Crippen LogP contribution in [0, 0.1) is 5.41 Å². The average molecular weight is 370 g/mol. The molecule has 3 aliphatic heterocycles. The molecule has 1 amide bonds. The van der Waals surface area contributed by atoms with E-state index in [1.165, 1.54) is 0 Å². The van der Waals surface area contributed by atoms with Crippen molar-refractivity contribution in [3.05, 3.63) is 12.7 Å². The number of hydrogen-bond donors (Lipinski definition) is 2. The fraction of sp³-hybridized carbons (Fsp3) is 0.833. The van der Waals surface area contributed by atoms with Crippen molar-refractivity contribution in [3.63, 3.8) is 0 Å². The third-order valence-electron chi connectivity index (χ3n) is 7.07. The molecule has 0 aliphatic carbocycles. The van der Waals surface area contributed by atoms with Gasteiger partial charge in [0.1, 0.15) is 6.10 Å². The van der Waals surface area contributed by atoms with Crippen LogP contribution in [0.3, 0.4) is 0 Å². The zero-order chi connectivity index (χ0) is 18.5. The van der Waals surface area contributed by atoms with E-state index in [2.05, 4.69) is 27.4 Å². The van der Waals surface area contributed by atoms with Crippen molar-refractivity contribution in [2.45, 2.75) is 75.8 Å². The Balaban J connectivity index is 1.93. The summed E-state index contributed by atoms with van der Waals surface area (Å²) in [4.78, 5) is 14.5. The molecule has 0 saturated carbocycles. The van der Waals surface area contributed by atoms with Crippen molar-refractivity contribution in [2.24, 2.45) is 5.41 Å². The van der Waals surface area contributed by atoms with E-state index in [0.717, 1.165) is 18.1 Å². The number of allylic oxidation sites excluding steroid dienone is 1. The minimum Gasteiger partial charge on any atom is -0.412 e. The summed E-state index contributed by atoms with van der Waals surface area (Å²) in [6, 6.07) is 3.16. The Hall–Kier alpha value is -0.733. The topological polar surface area (TPSA) is 79.2 Å². The molecule has 0 radical (unpaired) electrons. The lowest BCUT2D eigenvalue weighted by atomic mass is 9.66. The molecular weight excluding hydrogens is 338 g/mol. The number of hydrogen-bond acceptors (Lipinski definition) is 5. The SMILES string of the molecule is C=CC[C@@]12C(O)OC[C@@]13C[C@@H](O[Si](CC)(CC)CC)CN3C(=O)[C@H]2O. The largest absolute Gasteiger partial charge is 0.412 e. The highest BCUT2D eigenvalue weighted by atomic mass is 28.4. The molecule has 0 aromatic heterocycles. The van der Waals surface area contributed by atoms with Gasteiger partial charge in [0, 0.05) is 13.0 Å². The number of aliphatic hydroxyl groups excluding tert-OH is 2. The molecule has 1 unspecified atom stereocenters. The fourth-order valence-electron chi connectivity index (χ4n) is 5.37. The van der Waals surface area contributed by atoms with Gasteiger partial charge in [-0.2, -0.15) is 0 Å². The second-order valence-corrected chi connectivity index (χ2v) is 12.5. The predicted octanol–water partition coefficient (Wildman–Crippen LogP) is 1.63. The Morgan fingerprint density at radius 2 is 2.00 bits per heavy atom. The molecule has 7 heteroatoms. The lowest BCUT2D eigenvalue weighted by Gasteiger charge is -2.40. The standard InChI is InChI=1S/C18H31NO5Si/c1-5-9-18-14(20)15(21)19-11-13(24-25(6-2,7-3)8-4)10-17(18,19)12-23-16(18)22/h5,13-14,16,20,22H,1,6-12H2,2-4H3/t13-,14-,16?,17+,18-/m1/s1. The molecule has 25 heavy (non-hydrogen) atoms. The maximum absolute atomic E-state index is 12.8. The fourth-order valence-corrected chi connectivity index (χ4v) is 8.23. The highest BCUT2D eigenvalue weighted by Gasteiger charge is 2.76. The summed E-state index contributed by atoms with van der Waals surface area (Å²) >= 11 is 0. The molecule has 0 aromatic carbocycles. The Morgan fingerprint density at radius 3 is 2.56 bits per heavy atom. The molecule has 6 nitrogen and oxygen atoms in total. The van der Waals surface area contributed by atoms with Gasteiger partial charge in [-0.05, 0) is 24.6 Å². The first kappa shape index (κ1) is 19.0. The molecule has 3 fully saturated rings. The lowest BCUT2D eigenvalue weighted by Crippen LogP contribution is -2.54. The lowest BCUT2D eigenvalue weighted by molar-refractivity contribution is -0.161. The van der Waals surface area contributed by atoms with Crippen LogP contribution < -0.4 is 0 Å². The Bertz CT molecular complexity index is 545. The average Bonchev–Trinajstić information content (AvgIpc) is 3.17. The van der Waals surface area contributed by atoms with Gasteiger partial charge in [0.15, 0.2) is 14.6 Å². The van der Waals surface area contributed by atoms with Crippen molar-refractivity contribution in [1.29, 1.82) is 0 Å². The van der Waals surface area contributed by atoms with E-state index in [0.29, 0.717) is 19.4 Å². The van der Waals surface area contributed by atoms with Crippen LogP contribution in [0.25, 0.3) is 0 Å². The van der Waals surface area contributed by atoms with Gasteiger partial charge < -0.3 is 24.3 Å². The van der Waals surface area contributed by atoms with Gasteiger partial charge in [0.25, 0.3) is 5.91 Å². The van der Waals surface area contributed by atoms with Gasteiger partial charge >= 0.3 is 0 Å². The third kappa shape index (κ3) is 2.33. The summed E-state index contributed by atoms with van der Waals surface area (Å²) in [7, 11) is -1.80. The van der Waals surface area contributed by atoms with Crippen molar-refractivity contribution in [1.82, 2.24) is 4.90 Å². The first-order valence-corrected chi connectivity index (χ1v) is 12.0. The highest BCUT2D eigenvalue weighted by molar-refractivity contribution is 6.73. The van der Waals surface area contributed by atoms with Crippen LogP contribution in [-0.2, 0) is 14.0 Å². The molecule has 0 aromatic rings. The van der Waals surface area contributed by atoms with Gasteiger partial charge in [0.2, 0.25) is 0 Å². The number of aliphatic hydroxyl groups is 2. The van der Waals surface area contributed by atoms with E-state index >= 15 is 0 Å². The zero-order valence-electron chi connectivity index (χ0n) is 15.5. The molecule has 142 valence electrons. The van der Waals surface area contributed by atoms with E-state index < -0.39 is 31.7 Å². The molecule has 3 heterocycles. The van der Waals surface area contributed by atoms with Gasteiger partial charge in [-0.15, -0.1) is 6.58 Å². The van der Waals surface area contributed by atoms with E-state index in [9.17, 15) is 15.0 Å². The number of carbonyl (C=O) groups excluding carboxylic acids is 1. The van der Waals surface area contributed by atoms with Crippen molar-refractivity contribution in [3.8, 4) is 0 Å². The summed E-state index contributed by atoms with van der Waals surface area (Å²) in [6.07, 6.45) is 0.128. The number of rotatable bonds is 7. The van der Waals surface area contributed by atoms with Crippen molar-refractivity contribution in [2.75, 3.05) is 13.2 Å². The molecule has 2 N–H and O–H groups in total. The monoisotopic (exact) mass is 369 g/mol. The van der Waals surface area contributed by atoms with Crippen LogP contribution in [0.2, 0.25) is 18.1 Å². The molecule has 3 rings (SSSR count). The molecular formula is C18H31NO5Si. The van der Waals surface area contributed by atoms with Crippen LogP contribution in [0.5, 0.6) is 0 Å². The van der Waals surface area contributed by atoms with E-state index in [1.807, 2.05) is 0 Å². The van der Waals surface area contributed by atoms with Crippen LogP contribution >= 0.6 is 0 Å². The summed E-state index contributed by atoms with van der Waals surface area (Å²) in [5.74, 6) is -0.313.